The summed E-state index contributed by atoms with van der Waals surface area (Å²) in [6, 6.07) is 11.9. The molecular weight excluding hydrogens is 454 g/mol. The normalized spacial score (nSPS) is 12.9. The summed E-state index contributed by atoms with van der Waals surface area (Å²) in [5, 5.41) is 21.9. The molecule has 0 spiro atoms. The first-order valence-electron chi connectivity index (χ1n) is 11.6. The lowest BCUT2D eigenvalue weighted by atomic mass is 9.94. The van der Waals surface area contributed by atoms with Gasteiger partial charge in [-0.3, -0.25) is 10.1 Å². The molecule has 5 heterocycles. The number of aliphatic hydroxyl groups is 1. The number of benzene rings is 1. The van der Waals surface area contributed by atoms with Gasteiger partial charge in [0.1, 0.15) is 11.9 Å². The quantitative estimate of drug-likeness (QED) is 0.237. The first-order chi connectivity index (χ1) is 17.4. The van der Waals surface area contributed by atoms with Gasteiger partial charge in [-0.05, 0) is 24.3 Å². The van der Waals surface area contributed by atoms with Gasteiger partial charge in [-0.1, -0.05) is 32.9 Å². The van der Waals surface area contributed by atoms with Crippen LogP contribution in [0.25, 0.3) is 55.8 Å². The number of nitrogens with zero attached hydrogens (tertiary/aromatic N) is 4. The van der Waals surface area contributed by atoms with E-state index in [1.165, 1.54) is 0 Å². The highest BCUT2D eigenvalue weighted by Gasteiger charge is 2.22. The van der Waals surface area contributed by atoms with Crippen molar-refractivity contribution in [1.29, 1.82) is 0 Å². The zero-order chi connectivity index (χ0) is 24.9. The highest BCUT2D eigenvalue weighted by molar-refractivity contribution is 5.97. The predicted molar refractivity (Wildman–Crippen MR) is 139 cm³/mol. The number of para-hydroxylation sites is 1. The van der Waals surface area contributed by atoms with E-state index in [4.69, 9.17) is 9.40 Å². The van der Waals surface area contributed by atoms with Crippen LogP contribution in [0.5, 0.6) is 0 Å². The molecule has 1 aromatic carbocycles. The van der Waals surface area contributed by atoms with E-state index >= 15 is 0 Å². The first kappa shape index (κ1) is 22.0. The van der Waals surface area contributed by atoms with E-state index in [0.29, 0.717) is 11.5 Å². The largest absolute Gasteiger partial charge is 0.472 e. The van der Waals surface area contributed by atoms with Crippen molar-refractivity contribution in [2.75, 3.05) is 5.32 Å². The Balaban J connectivity index is 1.40. The number of furan rings is 1. The number of aromatic amines is 2. The maximum Gasteiger partial charge on any atom is 0.181 e. The van der Waals surface area contributed by atoms with Crippen LogP contribution < -0.4 is 5.32 Å². The number of fused-ring (bicyclic) bond motifs is 2. The molecule has 9 nitrogen and oxygen atoms in total. The smallest absolute Gasteiger partial charge is 0.181 e. The lowest BCUT2D eigenvalue weighted by Gasteiger charge is -2.27. The zero-order valence-electron chi connectivity index (χ0n) is 20.1. The number of aromatic nitrogens is 6. The minimum Gasteiger partial charge on any atom is -0.472 e. The summed E-state index contributed by atoms with van der Waals surface area (Å²) in [4.78, 5) is 17.2. The molecule has 36 heavy (non-hydrogen) atoms. The van der Waals surface area contributed by atoms with E-state index in [1.807, 2.05) is 57.2 Å². The Hall–Kier alpha value is -4.50. The number of nitrogens with one attached hydrogen (secondary N) is 3. The lowest BCUT2D eigenvalue weighted by Crippen LogP contribution is -2.33. The van der Waals surface area contributed by atoms with Crippen LogP contribution in [0.1, 0.15) is 20.8 Å². The van der Waals surface area contributed by atoms with Gasteiger partial charge in [-0.25, -0.2) is 9.97 Å². The van der Waals surface area contributed by atoms with Crippen molar-refractivity contribution >= 4 is 27.8 Å². The molecule has 0 fully saturated rings. The van der Waals surface area contributed by atoms with Gasteiger partial charge < -0.3 is 19.8 Å². The molecule has 9 heteroatoms. The molecule has 1 atom stereocenters. The second kappa shape index (κ2) is 8.31. The van der Waals surface area contributed by atoms with Crippen molar-refractivity contribution in [3.8, 4) is 33.8 Å². The molecule has 0 saturated carbocycles. The maximum absolute atomic E-state index is 10.4. The summed E-state index contributed by atoms with van der Waals surface area (Å²) >= 11 is 0. The van der Waals surface area contributed by atoms with Crippen molar-refractivity contribution < 1.29 is 9.52 Å². The molecule has 5 aromatic heterocycles. The number of imidazole rings is 1. The highest BCUT2D eigenvalue weighted by atomic mass is 16.3. The van der Waals surface area contributed by atoms with Crippen molar-refractivity contribution in [2.45, 2.75) is 27.0 Å². The van der Waals surface area contributed by atoms with Crippen molar-refractivity contribution in [2.24, 2.45) is 5.41 Å². The third-order valence-corrected chi connectivity index (χ3v) is 6.19. The van der Waals surface area contributed by atoms with Crippen LogP contribution in [0, 0.1) is 5.41 Å². The number of H-pyrrole nitrogens is 2. The van der Waals surface area contributed by atoms with E-state index in [1.54, 1.807) is 31.1 Å². The van der Waals surface area contributed by atoms with Crippen LogP contribution >= 0.6 is 0 Å². The minimum absolute atomic E-state index is 0.313. The number of aliphatic hydroxyl groups excluding tert-OH is 1. The van der Waals surface area contributed by atoms with E-state index < -0.39 is 6.23 Å². The number of rotatable bonds is 5. The Morgan fingerprint density at radius 1 is 1.03 bits per heavy atom. The molecule has 6 aromatic rings. The number of anilines is 1. The molecule has 0 bridgehead atoms. The van der Waals surface area contributed by atoms with Crippen LogP contribution in [-0.4, -0.2) is 41.5 Å². The first-order valence-corrected chi connectivity index (χ1v) is 11.6. The average molecular weight is 480 g/mol. The lowest BCUT2D eigenvalue weighted by molar-refractivity contribution is 0.0880. The molecular formula is C27H25N7O2. The van der Waals surface area contributed by atoms with Gasteiger partial charge in [0.25, 0.3) is 0 Å². The minimum atomic E-state index is -0.712. The van der Waals surface area contributed by atoms with E-state index in [9.17, 15) is 5.11 Å². The van der Waals surface area contributed by atoms with E-state index in [-0.39, 0.29) is 5.41 Å². The van der Waals surface area contributed by atoms with Gasteiger partial charge in [0.15, 0.2) is 11.5 Å². The molecule has 180 valence electrons. The SMILES string of the molecule is CC(C)(C)C(O)Nc1cncc(-c2cnc3n[nH]c(-c4nc5c(-c6ccoc6)cccc5[nH]4)c3c2)c1. The third kappa shape index (κ3) is 3.89. The van der Waals surface area contributed by atoms with Gasteiger partial charge in [0, 0.05) is 40.1 Å². The topological polar surface area (TPSA) is 129 Å². The fourth-order valence-electron chi connectivity index (χ4n) is 4.09. The summed E-state index contributed by atoms with van der Waals surface area (Å²) in [6.45, 7) is 5.91. The Bertz CT molecular complexity index is 1680. The Labute approximate surface area is 206 Å². The van der Waals surface area contributed by atoms with Gasteiger partial charge in [0.2, 0.25) is 0 Å². The molecule has 0 aliphatic carbocycles. The summed E-state index contributed by atoms with van der Waals surface area (Å²) in [5.74, 6) is 0.671. The van der Waals surface area contributed by atoms with Crippen LogP contribution in [-0.2, 0) is 0 Å². The monoisotopic (exact) mass is 479 g/mol. The van der Waals surface area contributed by atoms with E-state index in [0.717, 1.165) is 50.1 Å². The molecule has 0 radical (unpaired) electrons. The van der Waals surface area contributed by atoms with Gasteiger partial charge in [-0.2, -0.15) is 5.10 Å². The zero-order valence-corrected chi connectivity index (χ0v) is 20.1. The standard InChI is InChI=1S/C27H25N7O2/c1-27(2,3)26(35)30-18-9-16(11-28-13-18)17-10-20-23(33-34-24(20)29-12-17)25-31-21-6-4-5-19(22(21)32-25)15-7-8-36-14-15/h4-14,26,30,35H,1-3H3,(H,31,32)(H,29,33,34). The molecule has 6 rings (SSSR count). The number of hydrogen-bond acceptors (Lipinski definition) is 7. The van der Waals surface area contributed by atoms with Crippen LogP contribution in [0.15, 0.2) is 71.9 Å². The molecule has 1 unspecified atom stereocenters. The van der Waals surface area contributed by atoms with Gasteiger partial charge >= 0.3 is 0 Å². The summed E-state index contributed by atoms with van der Waals surface area (Å²) in [7, 11) is 0. The maximum atomic E-state index is 10.4. The van der Waals surface area contributed by atoms with Gasteiger partial charge in [0.05, 0.1) is 40.8 Å². The Morgan fingerprint density at radius 2 is 1.89 bits per heavy atom. The fraction of sp³-hybridized carbons (Fsp3) is 0.185. The van der Waals surface area contributed by atoms with Crippen LogP contribution in [0.3, 0.4) is 0 Å². The third-order valence-electron chi connectivity index (χ3n) is 6.19. The van der Waals surface area contributed by atoms with Crippen molar-refractivity contribution in [1.82, 2.24) is 30.1 Å². The molecule has 0 amide bonds. The van der Waals surface area contributed by atoms with Crippen LogP contribution in [0.4, 0.5) is 5.69 Å². The summed E-state index contributed by atoms with van der Waals surface area (Å²) in [6.07, 6.45) is 7.89. The molecule has 4 N–H and O–H groups in total. The van der Waals surface area contributed by atoms with Crippen molar-refractivity contribution in [3.63, 3.8) is 0 Å². The summed E-state index contributed by atoms with van der Waals surface area (Å²) < 4.78 is 5.27. The molecule has 0 aliphatic rings. The Morgan fingerprint density at radius 3 is 2.69 bits per heavy atom. The second-order valence-electron chi connectivity index (χ2n) is 9.87. The number of hydrogen-bond donors (Lipinski definition) is 4. The van der Waals surface area contributed by atoms with Crippen molar-refractivity contribution in [3.05, 3.63) is 67.5 Å². The molecule has 0 saturated heterocycles. The Kier molecular flexibility index (Phi) is 5.08. The predicted octanol–water partition coefficient (Wildman–Crippen LogP) is 5.60. The highest BCUT2D eigenvalue weighted by Crippen LogP contribution is 2.33. The second-order valence-corrected chi connectivity index (χ2v) is 9.87. The van der Waals surface area contributed by atoms with Gasteiger partial charge in [-0.15, -0.1) is 0 Å². The number of pyridine rings is 2. The van der Waals surface area contributed by atoms with Crippen LogP contribution in [0.2, 0.25) is 0 Å². The van der Waals surface area contributed by atoms with E-state index in [2.05, 4.69) is 30.5 Å². The fourth-order valence-corrected chi connectivity index (χ4v) is 4.09. The average Bonchev–Trinajstić information content (AvgIpc) is 3.62. The summed E-state index contributed by atoms with van der Waals surface area (Å²) in [5.41, 5.74) is 7.22. The molecule has 0 aliphatic heterocycles.